The van der Waals surface area contributed by atoms with Crippen LogP contribution in [-0.4, -0.2) is 66.6 Å². The molecule has 1 aromatic rings. The van der Waals surface area contributed by atoms with Gasteiger partial charge >= 0.3 is 6.09 Å². The Morgan fingerprint density at radius 3 is 2.78 bits per heavy atom. The molecule has 0 aromatic heterocycles. The van der Waals surface area contributed by atoms with Gasteiger partial charge in [0, 0.05) is 35.1 Å². The zero-order valence-corrected chi connectivity index (χ0v) is 18.8. The predicted octanol–water partition coefficient (Wildman–Crippen LogP) is 2.31. The van der Waals surface area contributed by atoms with Crippen LogP contribution in [0.15, 0.2) is 47.0 Å². The molecule has 3 amide bonds. The second-order valence-corrected chi connectivity index (χ2v) is 8.56. The van der Waals surface area contributed by atoms with Crippen LogP contribution in [0.3, 0.4) is 0 Å². The number of amides is 3. The van der Waals surface area contributed by atoms with Gasteiger partial charge in [0.2, 0.25) is 5.91 Å². The van der Waals surface area contributed by atoms with E-state index in [4.69, 9.17) is 33.3 Å². The van der Waals surface area contributed by atoms with Crippen LogP contribution in [0.5, 0.6) is 0 Å². The zero-order valence-electron chi connectivity index (χ0n) is 17.2. The molecule has 2 saturated heterocycles. The van der Waals surface area contributed by atoms with Crippen LogP contribution in [0.1, 0.15) is 12.0 Å². The maximum absolute atomic E-state index is 12.4. The smallest absolute Gasteiger partial charge is 0.414 e. The fourth-order valence-electron chi connectivity index (χ4n) is 3.63. The normalized spacial score (nSPS) is 21.3. The summed E-state index contributed by atoms with van der Waals surface area (Å²) in [5.74, 6) is -0.367. The summed E-state index contributed by atoms with van der Waals surface area (Å²) in [4.78, 5) is 40.4. The third-order valence-electron chi connectivity index (χ3n) is 5.38. The molecule has 1 unspecified atom stereocenters. The van der Waals surface area contributed by atoms with Crippen molar-refractivity contribution in [3.63, 3.8) is 0 Å². The second-order valence-electron chi connectivity index (χ2n) is 7.64. The maximum atomic E-state index is 12.4. The minimum atomic E-state index is -0.485. The number of carbonyl (C=O) groups excluding carboxylic acids is 3. The highest BCUT2D eigenvalue weighted by Gasteiger charge is 2.33. The fraction of sp³-hybridized carbons (Fsp3) is 0.364. The van der Waals surface area contributed by atoms with Gasteiger partial charge in [-0.05, 0) is 23.8 Å². The number of hydrogen-bond acceptors (Lipinski definition) is 6. The molecule has 10 heteroatoms. The third kappa shape index (κ3) is 5.17. The van der Waals surface area contributed by atoms with Crippen LogP contribution in [0.2, 0.25) is 0 Å². The lowest BCUT2D eigenvalue weighted by molar-refractivity contribution is -0.143. The van der Waals surface area contributed by atoms with Crippen LogP contribution < -0.4 is 10.2 Å². The highest BCUT2D eigenvalue weighted by atomic mass is 35.5. The molecule has 0 bridgehead atoms. The minimum absolute atomic E-state index is 0.0311. The Morgan fingerprint density at radius 2 is 2.03 bits per heavy atom. The van der Waals surface area contributed by atoms with Crippen molar-refractivity contribution in [2.75, 3.05) is 37.7 Å². The lowest BCUT2D eigenvalue weighted by Gasteiger charge is -2.27. The van der Waals surface area contributed by atoms with E-state index in [1.54, 1.807) is 17.1 Å². The molecular formula is C22H22ClN3O5S. The van der Waals surface area contributed by atoms with Crippen molar-refractivity contribution < 1.29 is 23.9 Å². The molecule has 1 aliphatic carbocycles. The Labute approximate surface area is 195 Å². The second kappa shape index (κ2) is 9.81. The van der Waals surface area contributed by atoms with Gasteiger partial charge in [-0.3, -0.25) is 14.5 Å². The fourth-order valence-corrected chi connectivity index (χ4v) is 4.05. The highest BCUT2D eigenvalue weighted by molar-refractivity contribution is 7.81. The summed E-state index contributed by atoms with van der Waals surface area (Å²) in [7, 11) is 0. The number of morpholine rings is 1. The van der Waals surface area contributed by atoms with E-state index in [1.165, 1.54) is 4.90 Å². The number of ether oxygens (including phenoxy) is 2. The summed E-state index contributed by atoms with van der Waals surface area (Å²) in [6.45, 7) is 2.19. The molecule has 0 radical (unpaired) electrons. The molecule has 2 aliphatic heterocycles. The Kier molecular flexibility index (Phi) is 6.88. The van der Waals surface area contributed by atoms with Gasteiger partial charge in [-0.15, -0.1) is 0 Å². The number of anilines is 1. The number of allylic oxidation sites excluding steroid dienone is 3. The van der Waals surface area contributed by atoms with E-state index in [0.717, 1.165) is 5.56 Å². The molecule has 0 saturated carbocycles. The van der Waals surface area contributed by atoms with E-state index in [2.05, 4.69) is 5.32 Å². The van der Waals surface area contributed by atoms with Crippen LogP contribution >= 0.6 is 23.8 Å². The summed E-state index contributed by atoms with van der Waals surface area (Å²) >= 11 is 11.2. The summed E-state index contributed by atoms with van der Waals surface area (Å²) in [6.07, 6.45) is 2.79. The third-order valence-corrected chi connectivity index (χ3v) is 6.03. The number of halogens is 1. The number of nitrogens with zero attached hydrogens (tertiary/aromatic N) is 2. The zero-order chi connectivity index (χ0) is 22.7. The quantitative estimate of drug-likeness (QED) is 0.635. The lowest BCUT2D eigenvalue weighted by atomic mass is 10.0. The van der Waals surface area contributed by atoms with Crippen LogP contribution in [0.4, 0.5) is 10.5 Å². The molecule has 4 rings (SSSR count). The van der Waals surface area contributed by atoms with Crippen molar-refractivity contribution in [2.45, 2.75) is 19.1 Å². The molecule has 168 valence electrons. The number of carbonyl (C=O) groups is 3. The lowest BCUT2D eigenvalue weighted by Crippen LogP contribution is -2.40. The van der Waals surface area contributed by atoms with E-state index >= 15 is 0 Å². The predicted molar refractivity (Wildman–Crippen MR) is 123 cm³/mol. The van der Waals surface area contributed by atoms with Gasteiger partial charge in [0.1, 0.15) is 12.7 Å². The number of cyclic esters (lactones) is 1. The Hall–Kier alpha value is -2.75. The SMILES string of the molecule is O=C(NCC1CN(c2ccc(CN3CCOCC3=O)cc2)C(=O)O1)C1=CC(Cl)=CCC1=S. The average Bonchev–Trinajstić information content (AvgIpc) is 3.16. The molecule has 3 aliphatic rings. The average molecular weight is 476 g/mol. The van der Waals surface area contributed by atoms with Gasteiger partial charge in [0.15, 0.2) is 0 Å². The molecule has 2 fully saturated rings. The highest BCUT2D eigenvalue weighted by Crippen LogP contribution is 2.23. The van der Waals surface area contributed by atoms with Gasteiger partial charge in [-0.2, -0.15) is 0 Å². The molecule has 1 aromatic carbocycles. The Balaban J connectivity index is 1.31. The maximum Gasteiger partial charge on any atom is 0.414 e. The first-order valence-electron chi connectivity index (χ1n) is 10.2. The number of rotatable bonds is 6. The van der Waals surface area contributed by atoms with E-state index < -0.39 is 12.2 Å². The van der Waals surface area contributed by atoms with Crippen LogP contribution in [0, 0.1) is 0 Å². The summed E-state index contributed by atoms with van der Waals surface area (Å²) in [5, 5.41) is 3.24. The van der Waals surface area contributed by atoms with E-state index in [-0.39, 0.29) is 25.0 Å². The van der Waals surface area contributed by atoms with E-state index in [0.29, 0.717) is 53.8 Å². The van der Waals surface area contributed by atoms with Gasteiger partial charge in [-0.25, -0.2) is 4.79 Å². The first kappa shape index (κ1) is 22.4. The summed E-state index contributed by atoms with van der Waals surface area (Å²) in [5.41, 5.74) is 2.02. The minimum Gasteiger partial charge on any atom is -0.442 e. The summed E-state index contributed by atoms with van der Waals surface area (Å²) in [6, 6.07) is 7.41. The number of benzene rings is 1. The van der Waals surface area contributed by atoms with Crippen LogP contribution in [0.25, 0.3) is 0 Å². The van der Waals surface area contributed by atoms with E-state index in [1.807, 2.05) is 24.3 Å². The molecule has 1 atom stereocenters. The number of thiocarbonyl (C=S) groups is 1. The standard InChI is InChI=1S/C22H22ClN3O5S/c23-15-3-6-19(32)18(9-15)21(28)24-10-17-12-26(22(29)31-17)16-4-1-14(2-5-16)11-25-7-8-30-13-20(25)27/h1-5,9,17H,6-8,10-13H2,(H,24,28). The molecule has 0 spiro atoms. The van der Waals surface area contributed by atoms with Gasteiger partial charge < -0.3 is 19.7 Å². The number of hydrogen-bond donors (Lipinski definition) is 1. The molecule has 32 heavy (non-hydrogen) atoms. The monoisotopic (exact) mass is 475 g/mol. The van der Waals surface area contributed by atoms with Crippen molar-refractivity contribution in [1.82, 2.24) is 10.2 Å². The topological polar surface area (TPSA) is 88.2 Å². The van der Waals surface area contributed by atoms with Gasteiger partial charge in [0.05, 0.1) is 25.3 Å². The van der Waals surface area contributed by atoms with Crippen molar-refractivity contribution in [1.29, 1.82) is 0 Å². The van der Waals surface area contributed by atoms with Gasteiger partial charge in [-0.1, -0.05) is 42.0 Å². The van der Waals surface area contributed by atoms with Crippen molar-refractivity contribution >= 4 is 52.3 Å². The molecule has 8 nitrogen and oxygen atoms in total. The summed E-state index contributed by atoms with van der Waals surface area (Å²) < 4.78 is 10.5. The largest absolute Gasteiger partial charge is 0.442 e. The number of nitrogens with one attached hydrogen (secondary N) is 1. The molecule has 2 heterocycles. The van der Waals surface area contributed by atoms with Crippen molar-refractivity contribution in [3.8, 4) is 0 Å². The van der Waals surface area contributed by atoms with E-state index in [9.17, 15) is 14.4 Å². The van der Waals surface area contributed by atoms with Gasteiger partial charge in [0.25, 0.3) is 5.91 Å². The molecule has 1 N–H and O–H groups in total. The Morgan fingerprint density at radius 1 is 1.25 bits per heavy atom. The molecular weight excluding hydrogens is 454 g/mol. The Bertz CT molecular complexity index is 1010. The van der Waals surface area contributed by atoms with Crippen molar-refractivity contribution in [2.24, 2.45) is 0 Å². The van der Waals surface area contributed by atoms with Crippen molar-refractivity contribution in [3.05, 3.63) is 52.6 Å². The van der Waals surface area contributed by atoms with Crippen LogP contribution in [-0.2, 0) is 25.6 Å². The first-order valence-corrected chi connectivity index (χ1v) is 11.0. The first-order chi connectivity index (χ1) is 15.4.